The molecular weight excluding hydrogens is 320 g/mol. The summed E-state index contributed by atoms with van der Waals surface area (Å²) in [4.78, 5) is 11.9. The van der Waals surface area contributed by atoms with E-state index in [1.807, 2.05) is 30.3 Å². The summed E-state index contributed by atoms with van der Waals surface area (Å²) in [5.74, 6) is 2.03. The molecule has 1 amide bonds. The summed E-state index contributed by atoms with van der Waals surface area (Å²) >= 11 is 0. The molecule has 0 aliphatic rings. The lowest BCUT2D eigenvalue weighted by Crippen LogP contribution is -2.31. The standard InChI is InChI=1S/C19H24N2O4/c1-23-16-7-4-14(5-8-16)10-11-20-19(22)13-21-15-6-9-17(24-2)18(12-15)25-3/h4-9,12,21H,10-11,13H2,1-3H3,(H,20,22). The maximum atomic E-state index is 11.9. The second kappa shape index (κ2) is 9.42. The molecule has 0 aliphatic heterocycles. The molecule has 25 heavy (non-hydrogen) atoms. The molecule has 2 N–H and O–H groups in total. The zero-order valence-electron chi connectivity index (χ0n) is 14.8. The fourth-order valence-corrected chi connectivity index (χ4v) is 2.33. The number of anilines is 1. The smallest absolute Gasteiger partial charge is 0.239 e. The summed E-state index contributed by atoms with van der Waals surface area (Å²) in [5, 5.41) is 5.96. The van der Waals surface area contributed by atoms with E-state index in [1.165, 1.54) is 0 Å². The van der Waals surface area contributed by atoms with Crippen molar-refractivity contribution < 1.29 is 19.0 Å². The first-order valence-corrected chi connectivity index (χ1v) is 8.01. The first kappa shape index (κ1) is 18.4. The van der Waals surface area contributed by atoms with Gasteiger partial charge in [-0.3, -0.25) is 4.79 Å². The average molecular weight is 344 g/mol. The highest BCUT2D eigenvalue weighted by molar-refractivity contribution is 5.80. The number of hydrogen-bond donors (Lipinski definition) is 2. The van der Waals surface area contributed by atoms with Crippen LogP contribution < -0.4 is 24.8 Å². The van der Waals surface area contributed by atoms with Gasteiger partial charge >= 0.3 is 0 Å². The molecule has 0 bridgehead atoms. The molecule has 0 aromatic heterocycles. The van der Waals surface area contributed by atoms with Crippen LogP contribution in [0.5, 0.6) is 17.2 Å². The van der Waals surface area contributed by atoms with Crippen LogP contribution in [0.15, 0.2) is 42.5 Å². The molecule has 0 saturated heterocycles. The maximum Gasteiger partial charge on any atom is 0.239 e. The highest BCUT2D eigenvalue weighted by atomic mass is 16.5. The molecule has 134 valence electrons. The average Bonchev–Trinajstić information content (AvgIpc) is 2.66. The van der Waals surface area contributed by atoms with Crippen LogP contribution in [0.4, 0.5) is 5.69 Å². The van der Waals surface area contributed by atoms with Crippen molar-refractivity contribution in [3.05, 3.63) is 48.0 Å². The van der Waals surface area contributed by atoms with Gasteiger partial charge in [-0.25, -0.2) is 0 Å². The number of carbonyl (C=O) groups excluding carboxylic acids is 1. The van der Waals surface area contributed by atoms with Gasteiger partial charge in [0.15, 0.2) is 11.5 Å². The van der Waals surface area contributed by atoms with Crippen LogP contribution >= 0.6 is 0 Å². The Kier molecular flexibility index (Phi) is 6.95. The third kappa shape index (κ3) is 5.60. The summed E-state index contributed by atoms with van der Waals surface area (Å²) in [6.07, 6.45) is 0.770. The number of ether oxygens (including phenoxy) is 3. The van der Waals surface area contributed by atoms with Gasteiger partial charge in [0.1, 0.15) is 5.75 Å². The van der Waals surface area contributed by atoms with Gasteiger partial charge in [0, 0.05) is 18.3 Å². The Balaban J connectivity index is 1.75. The summed E-state index contributed by atoms with van der Waals surface area (Å²) in [5.41, 5.74) is 1.94. The topological polar surface area (TPSA) is 68.8 Å². The largest absolute Gasteiger partial charge is 0.497 e. The Bertz CT molecular complexity index is 686. The molecule has 2 rings (SSSR count). The molecule has 0 fully saturated rings. The molecule has 0 atom stereocenters. The Morgan fingerprint density at radius 2 is 1.64 bits per heavy atom. The van der Waals surface area contributed by atoms with Crippen molar-refractivity contribution in [3.63, 3.8) is 0 Å². The van der Waals surface area contributed by atoms with Crippen LogP contribution in [0.2, 0.25) is 0 Å². The monoisotopic (exact) mass is 344 g/mol. The SMILES string of the molecule is COc1ccc(CCNC(=O)CNc2ccc(OC)c(OC)c2)cc1. The van der Waals surface area contributed by atoms with E-state index < -0.39 is 0 Å². The number of hydrogen-bond acceptors (Lipinski definition) is 5. The van der Waals surface area contributed by atoms with Crippen LogP contribution in [-0.2, 0) is 11.2 Å². The molecule has 0 heterocycles. The zero-order valence-corrected chi connectivity index (χ0v) is 14.8. The number of amides is 1. The molecule has 0 radical (unpaired) electrons. The first-order valence-electron chi connectivity index (χ1n) is 8.01. The molecule has 6 heteroatoms. The molecule has 0 saturated carbocycles. The molecule has 0 unspecified atom stereocenters. The van der Waals surface area contributed by atoms with Crippen molar-refractivity contribution in [2.75, 3.05) is 39.7 Å². The van der Waals surface area contributed by atoms with Crippen LogP contribution in [0.3, 0.4) is 0 Å². The van der Waals surface area contributed by atoms with Gasteiger partial charge in [-0.05, 0) is 36.2 Å². The Morgan fingerprint density at radius 3 is 2.28 bits per heavy atom. The second-order valence-electron chi connectivity index (χ2n) is 5.37. The minimum absolute atomic E-state index is 0.0664. The third-order valence-corrected chi connectivity index (χ3v) is 3.73. The van der Waals surface area contributed by atoms with E-state index in [4.69, 9.17) is 14.2 Å². The fourth-order valence-electron chi connectivity index (χ4n) is 2.33. The predicted molar refractivity (Wildman–Crippen MR) is 97.7 cm³/mol. The number of carbonyl (C=O) groups is 1. The first-order chi connectivity index (χ1) is 12.2. The molecule has 0 aliphatic carbocycles. The van der Waals surface area contributed by atoms with E-state index in [-0.39, 0.29) is 12.5 Å². The molecular formula is C19H24N2O4. The second-order valence-corrected chi connectivity index (χ2v) is 5.37. The lowest BCUT2D eigenvalue weighted by atomic mass is 10.1. The van der Waals surface area contributed by atoms with Crippen molar-refractivity contribution >= 4 is 11.6 Å². The van der Waals surface area contributed by atoms with E-state index in [2.05, 4.69) is 10.6 Å². The summed E-state index contributed by atoms with van der Waals surface area (Å²) in [6, 6.07) is 13.2. The normalized spacial score (nSPS) is 10.0. The Morgan fingerprint density at radius 1 is 0.920 bits per heavy atom. The maximum absolute atomic E-state index is 11.9. The van der Waals surface area contributed by atoms with Crippen LogP contribution in [0.25, 0.3) is 0 Å². The summed E-state index contributed by atoms with van der Waals surface area (Å²) in [7, 11) is 4.80. The number of rotatable bonds is 9. The van der Waals surface area contributed by atoms with Crippen molar-refractivity contribution in [3.8, 4) is 17.2 Å². The quantitative estimate of drug-likeness (QED) is 0.731. The van der Waals surface area contributed by atoms with Gasteiger partial charge in [-0.1, -0.05) is 12.1 Å². The van der Waals surface area contributed by atoms with Crippen molar-refractivity contribution in [1.29, 1.82) is 0 Å². The third-order valence-electron chi connectivity index (χ3n) is 3.73. The minimum Gasteiger partial charge on any atom is -0.497 e. The molecule has 6 nitrogen and oxygen atoms in total. The number of benzene rings is 2. The Labute approximate surface area is 148 Å². The van der Waals surface area contributed by atoms with E-state index in [0.717, 1.165) is 23.4 Å². The zero-order chi connectivity index (χ0) is 18.1. The Hall–Kier alpha value is -2.89. The highest BCUT2D eigenvalue weighted by Crippen LogP contribution is 2.29. The van der Waals surface area contributed by atoms with Crippen molar-refractivity contribution in [1.82, 2.24) is 5.32 Å². The lowest BCUT2D eigenvalue weighted by Gasteiger charge is -2.11. The van der Waals surface area contributed by atoms with Crippen LogP contribution in [0.1, 0.15) is 5.56 Å². The number of methoxy groups -OCH3 is 3. The van der Waals surface area contributed by atoms with Gasteiger partial charge in [0.25, 0.3) is 0 Å². The van der Waals surface area contributed by atoms with Gasteiger partial charge in [0.2, 0.25) is 5.91 Å². The van der Waals surface area contributed by atoms with E-state index in [1.54, 1.807) is 33.5 Å². The van der Waals surface area contributed by atoms with Crippen molar-refractivity contribution in [2.24, 2.45) is 0 Å². The number of nitrogens with one attached hydrogen (secondary N) is 2. The minimum atomic E-state index is -0.0664. The fraction of sp³-hybridized carbons (Fsp3) is 0.316. The van der Waals surface area contributed by atoms with Gasteiger partial charge < -0.3 is 24.8 Å². The van der Waals surface area contributed by atoms with Crippen LogP contribution in [-0.4, -0.2) is 40.3 Å². The van der Waals surface area contributed by atoms with Crippen molar-refractivity contribution in [2.45, 2.75) is 6.42 Å². The highest BCUT2D eigenvalue weighted by Gasteiger charge is 2.06. The van der Waals surface area contributed by atoms with Crippen LogP contribution in [0, 0.1) is 0 Å². The molecule has 0 spiro atoms. The van der Waals surface area contributed by atoms with E-state index >= 15 is 0 Å². The molecule has 2 aromatic rings. The molecule has 2 aromatic carbocycles. The lowest BCUT2D eigenvalue weighted by molar-refractivity contribution is -0.119. The van der Waals surface area contributed by atoms with Gasteiger partial charge in [-0.2, -0.15) is 0 Å². The van der Waals surface area contributed by atoms with E-state index in [0.29, 0.717) is 18.0 Å². The summed E-state index contributed by atoms with van der Waals surface area (Å²) < 4.78 is 15.5. The summed E-state index contributed by atoms with van der Waals surface area (Å²) in [6.45, 7) is 0.775. The van der Waals surface area contributed by atoms with Gasteiger partial charge in [-0.15, -0.1) is 0 Å². The predicted octanol–water partition coefficient (Wildman–Crippen LogP) is 2.48. The van der Waals surface area contributed by atoms with E-state index in [9.17, 15) is 4.79 Å². The van der Waals surface area contributed by atoms with Gasteiger partial charge in [0.05, 0.1) is 27.9 Å².